The third-order valence-corrected chi connectivity index (χ3v) is 4.95. The Bertz CT molecular complexity index is 480. The van der Waals surface area contributed by atoms with Crippen LogP contribution in [-0.4, -0.2) is 37.0 Å². The molecule has 128 valence electrons. The highest BCUT2D eigenvalue weighted by atomic mass is 16.1. The predicted octanol–water partition coefficient (Wildman–Crippen LogP) is 4.16. The molecular formula is C20H32N2O. The first-order chi connectivity index (χ1) is 11.2. The summed E-state index contributed by atoms with van der Waals surface area (Å²) in [6, 6.07) is 8.57. The number of nitrogens with zero attached hydrogens (tertiary/aromatic N) is 1. The van der Waals surface area contributed by atoms with Crippen molar-refractivity contribution in [1.82, 2.24) is 10.2 Å². The minimum Gasteiger partial charge on any atom is -0.352 e. The lowest BCUT2D eigenvalue weighted by atomic mass is 9.94. The quantitative estimate of drug-likeness (QED) is 0.730. The fourth-order valence-electron chi connectivity index (χ4n) is 3.46. The van der Waals surface area contributed by atoms with Crippen molar-refractivity contribution in [3.63, 3.8) is 0 Å². The first-order valence-electron chi connectivity index (χ1n) is 9.22. The van der Waals surface area contributed by atoms with E-state index in [2.05, 4.69) is 17.3 Å². The third kappa shape index (κ3) is 6.34. The van der Waals surface area contributed by atoms with E-state index in [1.54, 1.807) is 0 Å². The molecule has 1 aromatic rings. The van der Waals surface area contributed by atoms with Crippen LogP contribution < -0.4 is 5.32 Å². The summed E-state index contributed by atoms with van der Waals surface area (Å²) < 4.78 is 0. The Labute approximate surface area is 141 Å². The fourth-order valence-corrected chi connectivity index (χ4v) is 3.46. The standard InChI is InChI=1S/C20H32N2O/c1-17-10-9-11-18(16-17)20(23)21-14-7-4-8-15-22(2)19-12-5-3-6-13-19/h9-11,16,19H,3-8,12-15H2,1-2H3,(H,21,23). The lowest BCUT2D eigenvalue weighted by Gasteiger charge is -2.31. The van der Waals surface area contributed by atoms with Gasteiger partial charge in [0.25, 0.3) is 5.91 Å². The highest BCUT2D eigenvalue weighted by Crippen LogP contribution is 2.21. The molecule has 23 heavy (non-hydrogen) atoms. The van der Waals surface area contributed by atoms with Gasteiger partial charge in [0, 0.05) is 18.2 Å². The van der Waals surface area contributed by atoms with Crippen LogP contribution in [0.3, 0.4) is 0 Å². The Morgan fingerprint density at radius 2 is 1.96 bits per heavy atom. The molecule has 0 aromatic heterocycles. The summed E-state index contributed by atoms with van der Waals surface area (Å²) in [5.41, 5.74) is 1.89. The van der Waals surface area contributed by atoms with Crippen LogP contribution in [0.4, 0.5) is 0 Å². The highest BCUT2D eigenvalue weighted by molar-refractivity contribution is 5.94. The van der Waals surface area contributed by atoms with Gasteiger partial charge in [-0.1, -0.05) is 43.4 Å². The molecule has 0 bridgehead atoms. The molecule has 3 heteroatoms. The molecule has 0 radical (unpaired) electrons. The summed E-state index contributed by atoms with van der Waals surface area (Å²) in [6.07, 6.45) is 10.5. The summed E-state index contributed by atoms with van der Waals surface area (Å²) in [4.78, 5) is 14.6. The van der Waals surface area contributed by atoms with E-state index in [1.807, 2.05) is 31.2 Å². The Morgan fingerprint density at radius 3 is 2.70 bits per heavy atom. The van der Waals surface area contributed by atoms with Gasteiger partial charge in [-0.15, -0.1) is 0 Å². The molecule has 0 atom stereocenters. The summed E-state index contributed by atoms with van der Waals surface area (Å²) in [5, 5.41) is 3.03. The number of rotatable bonds is 8. The van der Waals surface area contributed by atoms with E-state index in [-0.39, 0.29) is 5.91 Å². The average Bonchev–Trinajstić information content (AvgIpc) is 2.58. The van der Waals surface area contributed by atoms with Crippen molar-refractivity contribution in [1.29, 1.82) is 0 Å². The van der Waals surface area contributed by atoms with Crippen molar-refractivity contribution in [2.45, 2.75) is 64.3 Å². The van der Waals surface area contributed by atoms with Gasteiger partial charge in [0.1, 0.15) is 0 Å². The number of unbranched alkanes of at least 4 members (excludes halogenated alkanes) is 2. The van der Waals surface area contributed by atoms with E-state index in [0.717, 1.165) is 30.1 Å². The topological polar surface area (TPSA) is 32.3 Å². The molecule has 0 unspecified atom stereocenters. The molecule has 0 saturated heterocycles. The predicted molar refractivity (Wildman–Crippen MR) is 96.9 cm³/mol. The smallest absolute Gasteiger partial charge is 0.251 e. The maximum atomic E-state index is 12.0. The van der Waals surface area contributed by atoms with E-state index in [9.17, 15) is 4.79 Å². The number of amides is 1. The normalized spacial score (nSPS) is 15.8. The molecule has 0 spiro atoms. The van der Waals surface area contributed by atoms with Crippen molar-refractivity contribution >= 4 is 5.91 Å². The van der Waals surface area contributed by atoms with Crippen LogP contribution in [0.1, 0.15) is 67.3 Å². The SMILES string of the molecule is Cc1cccc(C(=O)NCCCCCN(C)C2CCCCC2)c1. The molecule has 1 saturated carbocycles. The molecule has 1 aliphatic carbocycles. The van der Waals surface area contributed by atoms with Crippen LogP contribution in [0.15, 0.2) is 24.3 Å². The second-order valence-corrected chi connectivity index (χ2v) is 6.96. The first-order valence-corrected chi connectivity index (χ1v) is 9.22. The summed E-state index contributed by atoms with van der Waals surface area (Å²) in [7, 11) is 2.27. The molecular weight excluding hydrogens is 284 g/mol. The number of aryl methyl sites for hydroxylation is 1. The van der Waals surface area contributed by atoms with Crippen LogP contribution in [0.25, 0.3) is 0 Å². The first kappa shape index (κ1) is 18.0. The van der Waals surface area contributed by atoms with Gasteiger partial charge in [-0.25, -0.2) is 0 Å². The van der Waals surface area contributed by atoms with Crippen molar-refractivity contribution in [2.24, 2.45) is 0 Å². The number of carbonyl (C=O) groups excluding carboxylic acids is 1. The third-order valence-electron chi connectivity index (χ3n) is 4.95. The highest BCUT2D eigenvalue weighted by Gasteiger charge is 2.17. The maximum absolute atomic E-state index is 12.0. The minimum absolute atomic E-state index is 0.0491. The van der Waals surface area contributed by atoms with Gasteiger partial charge in [0.15, 0.2) is 0 Å². The van der Waals surface area contributed by atoms with Crippen LogP contribution in [0.2, 0.25) is 0 Å². The van der Waals surface area contributed by atoms with Gasteiger partial charge in [0.05, 0.1) is 0 Å². The number of carbonyl (C=O) groups is 1. The second-order valence-electron chi connectivity index (χ2n) is 6.96. The lowest BCUT2D eigenvalue weighted by molar-refractivity contribution is 0.0952. The number of hydrogen-bond donors (Lipinski definition) is 1. The summed E-state index contributed by atoms with van der Waals surface area (Å²) in [6.45, 7) is 3.98. The van der Waals surface area contributed by atoms with Crippen molar-refractivity contribution < 1.29 is 4.79 Å². The zero-order valence-corrected chi connectivity index (χ0v) is 14.8. The van der Waals surface area contributed by atoms with Crippen LogP contribution in [0.5, 0.6) is 0 Å². The molecule has 2 rings (SSSR count). The summed E-state index contributed by atoms with van der Waals surface area (Å²) >= 11 is 0. The van der Waals surface area contributed by atoms with Crippen LogP contribution in [-0.2, 0) is 0 Å². The van der Waals surface area contributed by atoms with Crippen molar-refractivity contribution in [3.8, 4) is 0 Å². The van der Waals surface area contributed by atoms with Gasteiger partial charge >= 0.3 is 0 Å². The van der Waals surface area contributed by atoms with Gasteiger partial charge in [0.2, 0.25) is 0 Å². The van der Waals surface area contributed by atoms with Crippen molar-refractivity contribution in [2.75, 3.05) is 20.1 Å². The van der Waals surface area contributed by atoms with E-state index < -0.39 is 0 Å². The molecule has 1 amide bonds. The number of hydrogen-bond acceptors (Lipinski definition) is 2. The Hall–Kier alpha value is -1.35. The van der Waals surface area contributed by atoms with Crippen LogP contribution in [0, 0.1) is 6.92 Å². The monoisotopic (exact) mass is 316 g/mol. The Balaban J connectivity index is 1.54. The van der Waals surface area contributed by atoms with Crippen molar-refractivity contribution in [3.05, 3.63) is 35.4 Å². The van der Waals surface area contributed by atoms with Crippen LogP contribution >= 0.6 is 0 Å². The average molecular weight is 316 g/mol. The summed E-state index contributed by atoms with van der Waals surface area (Å²) in [5.74, 6) is 0.0491. The van der Waals surface area contributed by atoms with E-state index in [1.165, 1.54) is 51.5 Å². The molecule has 1 aliphatic rings. The number of nitrogens with one attached hydrogen (secondary N) is 1. The zero-order valence-electron chi connectivity index (χ0n) is 14.8. The maximum Gasteiger partial charge on any atom is 0.251 e. The van der Waals surface area contributed by atoms with E-state index in [0.29, 0.717) is 0 Å². The second kappa shape index (κ2) is 9.71. The van der Waals surface area contributed by atoms with E-state index >= 15 is 0 Å². The van der Waals surface area contributed by atoms with Gasteiger partial charge in [-0.05, 0) is 58.3 Å². The molecule has 0 heterocycles. The van der Waals surface area contributed by atoms with Gasteiger partial charge in [-0.3, -0.25) is 4.79 Å². The zero-order chi connectivity index (χ0) is 16.5. The minimum atomic E-state index is 0.0491. The number of benzene rings is 1. The molecule has 0 aliphatic heterocycles. The fraction of sp³-hybridized carbons (Fsp3) is 0.650. The Morgan fingerprint density at radius 1 is 1.17 bits per heavy atom. The van der Waals surface area contributed by atoms with E-state index in [4.69, 9.17) is 0 Å². The molecule has 1 aromatic carbocycles. The van der Waals surface area contributed by atoms with Gasteiger partial charge < -0.3 is 10.2 Å². The largest absolute Gasteiger partial charge is 0.352 e. The molecule has 1 N–H and O–H groups in total. The molecule has 3 nitrogen and oxygen atoms in total. The molecule has 1 fully saturated rings. The van der Waals surface area contributed by atoms with Gasteiger partial charge in [-0.2, -0.15) is 0 Å². The lowest BCUT2D eigenvalue weighted by Crippen LogP contribution is -2.34. The Kier molecular flexibility index (Phi) is 7.60.